The first kappa shape index (κ1) is 25.5. The predicted octanol–water partition coefficient (Wildman–Crippen LogP) is 6.33. The van der Waals surface area contributed by atoms with Gasteiger partial charge in [0.05, 0.1) is 40.2 Å². The van der Waals surface area contributed by atoms with Crippen LogP contribution in [-0.2, 0) is 6.54 Å². The number of rotatable bonds is 9. The summed E-state index contributed by atoms with van der Waals surface area (Å²) in [6.07, 6.45) is 0. The maximum Gasteiger partial charge on any atom is 0.203 e. The average molecular weight is 501 g/mol. The largest absolute Gasteiger partial charge is 0.495 e. The van der Waals surface area contributed by atoms with Gasteiger partial charge in [0.1, 0.15) is 5.75 Å². The summed E-state index contributed by atoms with van der Waals surface area (Å²) in [6.45, 7) is 2.61. The summed E-state index contributed by atoms with van der Waals surface area (Å²) in [5.74, 6) is 2.32. The molecular weight excluding hydrogens is 472 g/mol. The lowest BCUT2D eigenvalue weighted by molar-refractivity contribution is 0.316. The maximum absolute atomic E-state index is 6.13. The van der Waals surface area contributed by atoms with E-state index in [-0.39, 0.29) is 6.04 Å². The van der Waals surface area contributed by atoms with Crippen LogP contribution in [0.4, 0.5) is 5.69 Å². The summed E-state index contributed by atoms with van der Waals surface area (Å²) < 4.78 is 22.0. The number of anilines is 1. The first-order valence-electron chi connectivity index (χ1n) is 10.7. The normalized spacial score (nSPS) is 11.4. The number of nitrogens with one attached hydrogen (secondary N) is 1. The number of halogens is 1. The summed E-state index contributed by atoms with van der Waals surface area (Å²) in [6, 6.07) is 19.4. The second-order valence-electron chi connectivity index (χ2n) is 7.52. The van der Waals surface area contributed by atoms with Gasteiger partial charge in [-0.25, -0.2) is 0 Å². The third kappa shape index (κ3) is 5.85. The number of hydrogen-bond donors (Lipinski definition) is 1. The zero-order chi connectivity index (χ0) is 24.7. The Labute approximate surface area is 211 Å². The van der Waals surface area contributed by atoms with Crippen LogP contribution in [0.15, 0.2) is 60.7 Å². The Bertz CT molecular complexity index is 1100. The summed E-state index contributed by atoms with van der Waals surface area (Å²) >= 11 is 12.0. The van der Waals surface area contributed by atoms with Crippen molar-refractivity contribution >= 4 is 34.6 Å². The van der Waals surface area contributed by atoms with Crippen LogP contribution in [-0.4, -0.2) is 38.5 Å². The Morgan fingerprint density at radius 1 is 0.882 bits per heavy atom. The molecule has 8 heteroatoms. The zero-order valence-corrected chi connectivity index (χ0v) is 21.5. The smallest absolute Gasteiger partial charge is 0.203 e. The van der Waals surface area contributed by atoms with E-state index in [9.17, 15) is 0 Å². The van der Waals surface area contributed by atoms with Crippen LogP contribution in [0.2, 0.25) is 5.02 Å². The fraction of sp³-hybridized carbons (Fsp3) is 0.269. The summed E-state index contributed by atoms with van der Waals surface area (Å²) in [5.41, 5.74) is 2.80. The van der Waals surface area contributed by atoms with Gasteiger partial charge < -0.3 is 29.2 Å². The van der Waals surface area contributed by atoms with E-state index in [0.29, 0.717) is 39.7 Å². The van der Waals surface area contributed by atoms with Gasteiger partial charge in [0, 0.05) is 17.6 Å². The highest BCUT2D eigenvalue weighted by Crippen LogP contribution is 2.39. The van der Waals surface area contributed by atoms with Crippen molar-refractivity contribution in [3.63, 3.8) is 0 Å². The minimum Gasteiger partial charge on any atom is -0.495 e. The van der Waals surface area contributed by atoms with E-state index < -0.39 is 0 Å². The molecule has 0 spiro atoms. The number of thiocarbonyl (C=S) groups is 1. The van der Waals surface area contributed by atoms with E-state index in [1.165, 1.54) is 0 Å². The topological polar surface area (TPSA) is 52.2 Å². The van der Waals surface area contributed by atoms with E-state index in [1.807, 2.05) is 36.4 Å². The third-order valence-electron chi connectivity index (χ3n) is 5.49. The standard InChI is InChI=1S/C26H29ClN2O4S/c1-17(19-9-7-6-8-10-19)29(26(34)28-21-12-11-20(27)15-22(21)30-2)16-18-13-23(31-3)25(33-5)24(14-18)32-4/h6-15,17H,16H2,1-5H3,(H,28,34)/t17-/m0/s1. The molecular formula is C26H29ClN2O4S. The Kier molecular flexibility index (Phi) is 8.85. The lowest BCUT2D eigenvalue weighted by Gasteiger charge is -2.33. The highest BCUT2D eigenvalue weighted by molar-refractivity contribution is 7.80. The Hall–Kier alpha value is -3.16. The summed E-state index contributed by atoms with van der Waals surface area (Å²) in [7, 11) is 6.39. The first-order chi connectivity index (χ1) is 16.4. The van der Waals surface area contributed by atoms with Crippen LogP contribution in [0.5, 0.6) is 23.0 Å². The van der Waals surface area contributed by atoms with E-state index in [4.69, 9.17) is 42.8 Å². The van der Waals surface area contributed by atoms with Crippen molar-refractivity contribution in [2.24, 2.45) is 0 Å². The molecule has 0 unspecified atom stereocenters. The molecule has 0 saturated carbocycles. The molecule has 0 fully saturated rings. The maximum atomic E-state index is 6.13. The van der Waals surface area contributed by atoms with Gasteiger partial charge in [-0.15, -0.1) is 0 Å². The molecule has 3 aromatic carbocycles. The number of methoxy groups -OCH3 is 4. The fourth-order valence-corrected chi connectivity index (χ4v) is 4.17. The lowest BCUT2D eigenvalue weighted by Crippen LogP contribution is -2.36. The van der Waals surface area contributed by atoms with E-state index in [0.717, 1.165) is 16.8 Å². The second kappa shape index (κ2) is 11.8. The molecule has 0 radical (unpaired) electrons. The van der Waals surface area contributed by atoms with Gasteiger partial charge in [-0.3, -0.25) is 0 Å². The van der Waals surface area contributed by atoms with Crippen LogP contribution in [0.25, 0.3) is 0 Å². The molecule has 0 bridgehead atoms. The molecule has 0 heterocycles. The van der Waals surface area contributed by atoms with Crippen molar-refractivity contribution in [3.8, 4) is 23.0 Å². The quantitative estimate of drug-likeness (QED) is 0.344. The molecule has 0 aromatic heterocycles. The lowest BCUT2D eigenvalue weighted by atomic mass is 10.1. The first-order valence-corrected chi connectivity index (χ1v) is 11.4. The van der Waals surface area contributed by atoms with Crippen molar-refractivity contribution in [3.05, 3.63) is 76.8 Å². The molecule has 0 aliphatic rings. The van der Waals surface area contributed by atoms with E-state index >= 15 is 0 Å². The molecule has 3 rings (SSSR count). The third-order valence-corrected chi connectivity index (χ3v) is 6.06. The van der Waals surface area contributed by atoms with Crippen LogP contribution < -0.4 is 24.3 Å². The van der Waals surface area contributed by atoms with Crippen LogP contribution in [0, 0.1) is 0 Å². The molecule has 180 valence electrons. The average Bonchev–Trinajstić information content (AvgIpc) is 2.87. The predicted molar refractivity (Wildman–Crippen MR) is 141 cm³/mol. The molecule has 0 aliphatic heterocycles. The monoisotopic (exact) mass is 500 g/mol. The molecule has 1 N–H and O–H groups in total. The fourth-order valence-electron chi connectivity index (χ4n) is 3.67. The summed E-state index contributed by atoms with van der Waals surface area (Å²) in [5, 5.41) is 4.44. The van der Waals surface area contributed by atoms with E-state index in [1.54, 1.807) is 40.6 Å². The number of nitrogens with zero attached hydrogens (tertiary/aromatic N) is 1. The van der Waals surface area contributed by atoms with Gasteiger partial charge in [0.25, 0.3) is 0 Å². The van der Waals surface area contributed by atoms with Crippen LogP contribution in [0.1, 0.15) is 24.1 Å². The molecule has 0 saturated heterocycles. The highest BCUT2D eigenvalue weighted by Gasteiger charge is 2.22. The minimum atomic E-state index is -0.0291. The molecule has 6 nitrogen and oxygen atoms in total. The molecule has 34 heavy (non-hydrogen) atoms. The van der Waals surface area contributed by atoms with Crippen molar-refractivity contribution < 1.29 is 18.9 Å². The van der Waals surface area contributed by atoms with Gasteiger partial charge in [0.2, 0.25) is 5.75 Å². The van der Waals surface area contributed by atoms with Crippen LogP contribution >= 0.6 is 23.8 Å². The van der Waals surface area contributed by atoms with Crippen molar-refractivity contribution in [2.45, 2.75) is 19.5 Å². The number of benzene rings is 3. The van der Waals surface area contributed by atoms with Gasteiger partial charge in [-0.05, 0) is 54.5 Å². The molecule has 0 aliphatic carbocycles. The highest BCUT2D eigenvalue weighted by atomic mass is 35.5. The zero-order valence-electron chi connectivity index (χ0n) is 19.9. The summed E-state index contributed by atoms with van der Waals surface area (Å²) in [4.78, 5) is 2.10. The second-order valence-corrected chi connectivity index (χ2v) is 8.35. The number of ether oxygens (including phenoxy) is 4. The minimum absolute atomic E-state index is 0.0291. The molecule has 3 aromatic rings. The molecule has 0 amide bonds. The molecule has 1 atom stereocenters. The van der Waals surface area contributed by atoms with Crippen molar-refractivity contribution in [2.75, 3.05) is 33.8 Å². The SMILES string of the molecule is COc1cc(Cl)ccc1NC(=S)N(Cc1cc(OC)c(OC)c(OC)c1)[C@@H](C)c1ccccc1. The Balaban J connectivity index is 1.99. The van der Waals surface area contributed by atoms with Crippen molar-refractivity contribution in [1.29, 1.82) is 0 Å². The Morgan fingerprint density at radius 2 is 1.50 bits per heavy atom. The van der Waals surface area contributed by atoms with Gasteiger partial charge in [-0.1, -0.05) is 41.9 Å². The van der Waals surface area contributed by atoms with Crippen molar-refractivity contribution in [1.82, 2.24) is 4.90 Å². The van der Waals surface area contributed by atoms with Crippen LogP contribution in [0.3, 0.4) is 0 Å². The number of hydrogen-bond acceptors (Lipinski definition) is 5. The van der Waals surface area contributed by atoms with Gasteiger partial charge >= 0.3 is 0 Å². The van der Waals surface area contributed by atoms with Gasteiger partial charge in [0.15, 0.2) is 16.6 Å². The van der Waals surface area contributed by atoms with E-state index in [2.05, 4.69) is 29.3 Å². The Morgan fingerprint density at radius 3 is 2.06 bits per heavy atom. The van der Waals surface area contributed by atoms with Gasteiger partial charge in [-0.2, -0.15) is 0 Å².